The Morgan fingerprint density at radius 3 is 2.68 bits per heavy atom. The molecule has 1 fully saturated rings. The van der Waals surface area contributed by atoms with Gasteiger partial charge in [-0.3, -0.25) is 9.69 Å². The summed E-state index contributed by atoms with van der Waals surface area (Å²) >= 11 is 0. The van der Waals surface area contributed by atoms with Gasteiger partial charge in [-0.25, -0.2) is 4.79 Å². The van der Waals surface area contributed by atoms with Gasteiger partial charge in [0.2, 0.25) is 5.91 Å². The number of carboxylic acid groups (broad SMARTS) is 1. The maximum atomic E-state index is 11.0. The molecule has 0 aromatic carbocycles. The Balaban J connectivity index is 1.81. The fraction of sp³-hybridized carbons (Fsp3) is 0.538. The molecule has 1 aromatic rings. The summed E-state index contributed by atoms with van der Waals surface area (Å²) in [6, 6.07) is 1.81. The van der Waals surface area contributed by atoms with Crippen molar-refractivity contribution in [2.75, 3.05) is 13.1 Å². The second kappa shape index (κ2) is 5.88. The lowest BCUT2D eigenvalue weighted by atomic mass is 10.0. The Labute approximate surface area is 111 Å². The molecule has 6 nitrogen and oxygen atoms in total. The Kier molecular flexibility index (Phi) is 4.21. The lowest BCUT2D eigenvalue weighted by Crippen LogP contribution is -2.43. The van der Waals surface area contributed by atoms with E-state index in [0.29, 0.717) is 12.3 Å². The molecule has 0 bridgehead atoms. The van der Waals surface area contributed by atoms with E-state index in [2.05, 4.69) is 10.2 Å². The van der Waals surface area contributed by atoms with Crippen LogP contribution in [0, 0.1) is 0 Å². The van der Waals surface area contributed by atoms with Gasteiger partial charge in [0, 0.05) is 26.1 Å². The predicted octanol–water partition coefficient (Wildman–Crippen LogP) is 1.08. The van der Waals surface area contributed by atoms with Gasteiger partial charge in [-0.2, -0.15) is 0 Å². The van der Waals surface area contributed by atoms with E-state index >= 15 is 0 Å². The first-order valence-electron chi connectivity index (χ1n) is 6.35. The zero-order valence-corrected chi connectivity index (χ0v) is 10.9. The summed E-state index contributed by atoms with van der Waals surface area (Å²) in [5, 5.41) is 11.7. The minimum atomic E-state index is -0.973. The van der Waals surface area contributed by atoms with Crippen molar-refractivity contribution >= 4 is 11.9 Å². The van der Waals surface area contributed by atoms with Crippen LogP contribution in [-0.2, 0) is 11.3 Å². The number of aromatic carboxylic acids is 1. The minimum absolute atomic E-state index is 0.00980. The monoisotopic (exact) mass is 266 g/mol. The van der Waals surface area contributed by atoms with Crippen molar-refractivity contribution in [2.24, 2.45) is 0 Å². The summed E-state index contributed by atoms with van der Waals surface area (Å²) in [5.74, 6) is -0.301. The van der Waals surface area contributed by atoms with Crippen molar-refractivity contribution in [3.8, 4) is 0 Å². The number of nitrogens with one attached hydrogen (secondary N) is 1. The van der Waals surface area contributed by atoms with E-state index in [1.807, 2.05) is 0 Å². The van der Waals surface area contributed by atoms with Gasteiger partial charge >= 0.3 is 5.97 Å². The third kappa shape index (κ3) is 3.82. The van der Waals surface area contributed by atoms with Crippen molar-refractivity contribution in [2.45, 2.75) is 32.4 Å². The van der Waals surface area contributed by atoms with Gasteiger partial charge in [0.25, 0.3) is 0 Å². The average molecular weight is 266 g/mol. The molecule has 1 aliphatic rings. The highest BCUT2D eigenvalue weighted by molar-refractivity contribution is 5.87. The van der Waals surface area contributed by atoms with E-state index in [1.165, 1.54) is 13.2 Å². The summed E-state index contributed by atoms with van der Waals surface area (Å²) in [6.07, 6.45) is 3.08. The zero-order chi connectivity index (χ0) is 13.8. The molecule has 1 amide bonds. The smallest absolute Gasteiger partial charge is 0.338 e. The molecule has 104 valence electrons. The number of carbonyl (C=O) groups is 2. The van der Waals surface area contributed by atoms with Crippen LogP contribution in [0.4, 0.5) is 0 Å². The maximum absolute atomic E-state index is 11.0. The molecule has 0 aliphatic carbocycles. The van der Waals surface area contributed by atoms with Crippen molar-refractivity contribution in [3.05, 3.63) is 23.7 Å². The second-order valence-corrected chi connectivity index (χ2v) is 4.86. The molecule has 0 atom stereocenters. The molecule has 1 aromatic heterocycles. The molecule has 19 heavy (non-hydrogen) atoms. The van der Waals surface area contributed by atoms with Gasteiger partial charge in [0.15, 0.2) is 0 Å². The highest BCUT2D eigenvalue weighted by Gasteiger charge is 2.20. The summed E-state index contributed by atoms with van der Waals surface area (Å²) in [4.78, 5) is 23.9. The molecule has 2 heterocycles. The number of furan rings is 1. The molecular formula is C13H18N2O4. The van der Waals surface area contributed by atoms with Crippen LogP contribution < -0.4 is 5.32 Å². The molecule has 0 unspecified atom stereocenters. The van der Waals surface area contributed by atoms with E-state index in [1.54, 1.807) is 6.07 Å². The molecule has 0 saturated carbocycles. The predicted molar refractivity (Wildman–Crippen MR) is 67.8 cm³/mol. The number of nitrogens with zero attached hydrogens (tertiary/aromatic N) is 1. The molecule has 2 N–H and O–H groups in total. The number of carboxylic acids is 1. The topological polar surface area (TPSA) is 82.8 Å². The highest BCUT2D eigenvalue weighted by Crippen LogP contribution is 2.15. The number of piperidine rings is 1. The lowest BCUT2D eigenvalue weighted by Gasteiger charge is -2.31. The van der Waals surface area contributed by atoms with Gasteiger partial charge in [-0.15, -0.1) is 0 Å². The molecule has 2 rings (SSSR count). The van der Waals surface area contributed by atoms with Crippen LogP contribution >= 0.6 is 0 Å². The first-order chi connectivity index (χ1) is 9.04. The van der Waals surface area contributed by atoms with Gasteiger partial charge in [0.05, 0.1) is 12.1 Å². The van der Waals surface area contributed by atoms with E-state index in [9.17, 15) is 9.59 Å². The van der Waals surface area contributed by atoms with Crippen molar-refractivity contribution in [3.63, 3.8) is 0 Å². The highest BCUT2D eigenvalue weighted by atomic mass is 16.4. The van der Waals surface area contributed by atoms with Gasteiger partial charge < -0.3 is 14.8 Å². The van der Waals surface area contributed by atoms with E-state index in [-0.39, 0.29) is 17.5 Å². The fourth-order valence-corrected chi connectivity index (χ4v) is 2.32. The molecule has 1 saturated heterocycles. The van der Waals surface area contributed by atoms with Crippen LogP contribution in [-0.4, -0.2) is 41.0 Å². The number of hydrogen-bond donors (Lipinski definition) is 2. The number of hydrogen-bond acceptors (Lipinski definition) is 4. The lowest BCUT2D eigenvalue weighted by molar-refractivity contribution is -0.120. The van der Waals surface area contributed by atoms with Crippen LogP contribution in [0.25, 0.3) is 0 Å². The summed E-state index contributed by atoms with van der Waals surface area (Å²) < 4.78 is 5.23. The Morgan fingerprint density at radius 2 is 2.16 bits per heavy atom. The Bertz CT molecular complexity index is 461. The third-order valence-corrected chi connectivity index (χ3v) is 3.28. The quantitative estimate of drug-likeness (QED) is 0.852. The minimum Gasteiger partial charge on any atom is -0.478 e. The van der Waals surface area contributed by atoms with Crippen LogP contribution in [0.5, 0.6) is 0 Å². The number of amides is 1. The first-order valence-corrected chi connectivity index (χ1v) is 6.35. The zero-order valence-electron chi connectivity index (χ0n) is 10.9. The third-order valence-electron chi connectivity index (χ3n) is 3.28. The molecular weight excluding hydrogens is 248 g/mol. The van der Waals surface area contributed by atoms with E-state index in [0.717, 1.165) is 25.9 Å². The Hall–Kier alpha value is -1.82. The molecule has 6 heteroatoms. The first kappa shape index (κ1) is 13.6. The van der Waals surface area contributed by atoms with E-state index in [4.69, 9.17) is 9.52 Å². The normalized spacial score (nSPS) is 17.3. The Morgan fingerprint density at radius 1 is 1.47 bits per heavy atom. The van der Waals surface area contributed by atoms with Crippen LogP contribution in [0.3, 0.4) is 0 Å². The van der Waals surface area contributed by atoms with Gasteiger partial charge in [0.1, 0.15) is 12.0 Å². The molecule has 0 spiro atoms. The van der Waals surface area contributed by atoms with Crippen LogP contribution in [0.2, 0.25) is 0 Å². The second-order valence-electron chi connectivity index (χ2n) is 4.86. The number of rotatable bonds is 4. The average Bonchev–Trinajstić information content (AvgIpc) is 2.80. The largest absolute Gasteiger partial charge is 0.478 e. The number of carbonyl (C=O) groups excluding carboxylic acids is 1. The SMILES string of the molecule is CC(=O)NC1CCN(Cc2cc(C(=O)O)co2)CC1. The molecule has 0 radical (unpaired) electrons. The summed E-state index contributed by atoms with van der Waals surface area (Å²) in [6.45, 7) is 3.88. The van der Waals surface area contributed by atoms with Crippen molar-refractivity contribution in [1.29, 1.82) is 0 Å². The van der Waals surface area contributed by atoms with Crippen molar-refractivity contribution in [1.82, 2.24) is 10.2 Å². The van der Waals surface area contributed by atoms with E-state index < -0.39 is 5.97 Å². The summed E-state index contributed by atoms with van der Waals surface area (Å²) in [7, 11) is 0. The fourth-order valence-electron chi connectivity index (χ4n) is 2.32. The molecule has 1 aliphatic heterocycles. The summed E-state index contributed by atoms with van der Waals surface area (Å²) in [5.41, 5.74) is 0.183. The van der Waals surface area contributed by atoms with Crippen LogP contribution in [0.15, 0.2) is 16.7 Å². The number of likely N-dealkylation sites (tertiary alicyclic amines) is 1. The van der Waals surface area contributed by atoms with Crippen molar-refractivity contribution < 1.29 is 19.1 Å². The maximum Gasteiger partial charge on any atom is 0.338 e. The standard InChI is InChI=1S/C13H18N2O4/c1-9(16)14-11-2-4-15(5-3-11)7-12-6-10(8-19-12)13(17)18/h6,8,11H,2-5,7H2,1H3,(H,14,16)(H,17,18). The van der Waals surface area contributed by atoms with Gasteiger partial charge in [-0.05, 0) is 18.9 Å². The van der Waals surface area contributed by atoms with Crippen LogP contribution in [0.1, 0.15) is 35.9 Å². The van der Waals surface area contributed by atoms with Gasteiger partial charge in [-0.1, -0.05) is 0 Å².